The highest BCUT2D eigenvalue weighted by molar-refractivity contribution is 5.79. The average molecular weight is 189 g/mol. The molecule has 7 heteroatoms. The van der Waals surface area contributed by atoms with Crippen LogP contribution >= 0.6 is 0 Å². The van der Waals surface area contributed by atoms with Crippen LogP contribution in [0.1, 0.15) is 5.56 Å². The van der Waals surface area contributed by atoms with E-state index in [4.69, 9.17) is 5.73 Å². The van der Waals surface area contributed by atoms with Crippen LogP contribution in [0.15, 0.2) is 29.6 Å². The van der Waals surface area contributed by atoms with Gasteiger partial charge in [-0.25, -0.2) is 0 Å². The maximum absolute atomic E-state index is 5.41. The first-order valence-electron chi connectivity index (χ1n) is 3.84. The molecule has 0 aliphatic carbocycles. The number of rotatable bonds is 2. The summed E-state index contributed by atoms with van der Waals surface area (Å²) in [6.45, 7) is 0. The van der Waals surface area contributed by atoms with Gasteiger partial charge in [-0.05, 0) is 28.1 Å². The monoisotopic (exact) mass is 189 g/mol. The van der Waals surface area contributed by atoms with Gasteiger partial charge < -0.3 is 5.73 Å². The maximum atomic E-state index is 5.41. The van der Waals surface area contributed by atoms with Gasteiger partial charge in [0.25, 0.3) is 5.95 Å². The number of anilines is 1. The quantitative estimate of drug-likeness (QED) is 0.644. The summed E-state index contributed by atoms with van der Waals surface area (Å²) in [7, 11) is 0. The van der Waals surface area contributed by atoms with Crippen LogP contribution in [0, 0.1) is 0 Å². The average Bonchev–Trinajstić information content (AvgIpc) is 2.63. The molecule has 0 unspecified atom stereocenters. The summed E-state index contributed by atoms with van der Waals surface area (Å²) in [6.07, 6.45) is 4.93. The second kappa shape index (κ2) is 3.60. The fourth-order valence-electron chi connectivity index (χ4n) is 0.843. The lowest BCUT2D eigenvalue weighted by molar-refractivity contribution is 0.699. The van der Waals surface area contributed by atoms with E-state index in [1.54, 1.807) is 18.6 Å². The topological polar surface area (TPSA) is 94.9 Å². The van der Waals surface area contributed by atoms with Gasteiger partial charge in [0.05, 0.1) is 6.21 Å². The molecule has 0 aliphatic rings. The molecule has 0 bridgehead atoms. The Bertz CT molecular complexity index is 432. The highest BCUT2D eigenvalue weighted by Crippen LogP contribution is 1.94. The molecule has 2 heterocycles. The summed E-state index contributed by atoms with van der Waals surface area (Å²) < 4.78 is 0. The van der Waals surface area contributed by atoms with Crippen molar-refractivity contribution in [2.75, 3.05) is 5.73 Å². The number of nitrogen functional groups attached to an aromatic ring is 1. The van der Waals surface area contributed by atoms with E-state index in [0.29, 0.717) is 0 Å². The van der Waals surface area contributed by atoms with Gasteiger partial charge in [0.2, 0.25) is 0 Å². The van der Waals surface area contributed by atoms with E-state index in [1.165, 1.54) is 0 Å². The molecule has 14 heavy (non-hydrogen) atoms. The molecule has 0 saturated carbocycles. The largest absolute Gasteiger partial charge is 0.365 e. The third kappa shape index (κ3) is 1.71. The number of aromatic nitrogens is 5. The fraction of sp³-hybridized carbons (Fsp3) is 0. The SMILES string of the molecule is Nc1nnnn1N=Cc1ccncc1. The van der Waals surface area contributed by atoms with Gasteiger partial charge in [-0.1, -0.05) is 9.89 Å². The Labute approximate surface area is 79.3 Å². The van der Waals surface area contributed by atoms with Crippen molar-refractivity contribution < 1.29 is 0 Å². The van der Waals surface area contributed by atoms with E-state index >= 15 is 0 Å². The molecule has 0 fully saturated rings. The van der Waals surface area contributed by atoms with Crippen LogP contribution in [0.4, 0.5) is 5.95 Å². The summed E-state index contributed by atoms with van der Waals surface area (Å²) in [4.78, 5) is 5.01. The van der Waals surface area contributed by atoms with Crippen LogP contribution < -0.4 is 5.73 Å². The van der Waals surface area contributed by atoms with Crippen molar-refractivity contribution >= 4 is 12.2 Å². The molecule has 0 saturated heterocycles. The predicted molar refractivity (Wildman–Crippen MR) is 49.5 cm³/mol. The minimum absolute atomic E-state index is 0.148. The molecule has 0 aliphatic heterocycles. The van der Waals surface area contributed by atoms with Gasteiger partial charge in [0.15, 0.2) is 0 Å². The van der Waals surface area contributed by atoms with Crippen LogP contribution in [-0.4, -0.2) is 31.5 Å². The van der Waals surface area contributed by atoms with Crippen molar-refractivity contribution in [3.63, 3.8) is 0 Å². The molecular weight excluding hydrogens is 182 g/mol. The lowest BCUT2D eigenvalue weighted by Crippen LogP contribution is -1.99. The molecule has 0 radical (unpaired) electrons. The van der Waals surface area contributed by atoms with Gasteiger partial charge in [-0.2, -0.15) is 5.10 Å². The standard InChI is InChI=1S/C7H7N7/c8-7-11-12-13-14(7)10-5-6-1-3-9-4-2-6/h1-5H,(H2,8,11,13). The van der Waals surface area contributed by atoms with Gasteiger partial charge in [0.1, 0.15) is 0 Å². The van der Waals surface area contributed by atoms with Crippen molar-refractivity contribution in [1.82, 2.24) is 25.3 Å². The number of pyridine rings is 1. The summed E-state index contributed by atoms with van der Waals surface area (Å²) in [6, 6.07) is 3.62. The Hall–Kier alpha value is -2.31. The first kappa shape index (κ1) is 8.30. The summed E-state index contributed by atoms with van der Waals surface area (Å²) in [5.41, 5.74) is 6.30. The number of hydrogen-bond donors (Lipinski definition) is 1. The Kier molecular flexibility index (Phi) is 2.14. The molecule has 2 aromatic rings. The van der Waals surface area contributed by atoms with Crippen molar-refractivity contribution in [2.24, 2.45) is 5.10 Å². The van der Waals surface area contributed by atoms with Gasteiger partial charge in [0, 0.05) is 12.4 Å². The van der Waals surface area contributed by atoms with Gasteiger partial charge in [-0.15, -0.1) is 0 Å². The van der Waals surface area contributed by atoms with E-state index in [-0.39, 0.29) is 5.95 Å². The van der Waals surface area contributed by atoms with Crippen LogP contribution in [0.2, 0.25) is 0 Å². The van der Waals surface area contributed by atoms with Gasteiger partial charge in [-0.3, -0.25) is 4.98 Å². The second-order valence-corrected chi connectivity index (χ2v) is 2.45. The Morgan fingerprint density at radius 3 is 2.79 bits per heavy atom. The smallest absolute Gasteiger partial charge is 0.263 e. The van der Waals surface area contributed by atoms with Crippen LogP contribution in [-0.2, 0) is 0 Å². The molecule has 0 atom stereocenters. The highest BCUT2D eigenvalue weighted by Gasteiger charge is 1.95. The highest BCUT2D eigenvalue weighted by atomic mass is 15.7. The molecule has 2 N–H and O–H groups in total. The van der Waals surface area contributed by atoms with Gasteiger partial charge >= 0.3 is 0 Å². The Morgan fingerprint density at radius 2 is 2.14 bits per heavy atom. The molecular formula is C7H7N7. The minimum Gasteiger partial charge on any atom is -0.365 e. The van der Waals surface area contributed by atoms with Crippen molar-refractivity contribution in [3.05, 3.63) is 30.1 Å². The van der Waals surface area contributed by atoms with Crippen LogP contribution in [0.5, 0.6) is 0 Å². The van der Waals surface area contributed by atoms with Crippen molar-refractivity contribution in [2.45, 2.75) is 0 Å². The first-order valence-corrected chi connectivity index (χ1v) is 3.84. The van der Waals surface area contributed by atoms with E-state index in [2.05, 4.69) is 25.6 Å². The zero-order valence-corrected chi connectivity index (χ0v) is 7.15. The lowest BCUT2D eigenvalue weighted by atomic mass is 10.3. The molecule has 2 aromatic heterocycles. The zero-order valence-electron chi connectivity index (χ0n) is 7.15. The van der Waals surface area contributed by atoms with Crippen LogP contribution in [0.3, 0.4) is 0 Å². The lowest BCUT2D eigenvalue weighted by Gasteiger charge is -1.91. The molecule has 70 valence electrons. The molecule has 0 aromatic carbocycles. The van der Waals surface area contributed by atoms with E-state index in [0.717, 1.165) is 10.4 Å². The summed E-state index contributed by atoms with van der Waals surface area (Å²) in [5.74, 6) is 0.148. The predicted octanol–water partition coefficient (Wildman–Crippen LogP) is -0.468. The minimum atomic E-state index is 0.148. The third-order valence-electron chi connectivity index (χ3n) is 1.50. The Morgan fingerprint density at radius 1 is 1.36 bits per heavy atom. The zero-order chi connectivity index (χ0) is 9.80. The first-order chi connectivity index (χ1) is 6.86. The number of hydrogen-bond acceptors (Lipinski definition) is 6. The number of nitrogens with two attached hydrogens (primary N) is 1. The van der Waals surface area contributed by atoms with E-state index in [1.807, 2.05) is 12.1 Å². The van der Waals surface area contributed by atoms with Crippen LogP contribution in [0.25, 0.3) is 0 Å². The van der Waals surface area contributed by atoms with E-state index in [9.17, 15) is 0 Å². The summed E-state index contributed by atoms with van der Waals surface area (Å²) >= 11 is 0. The molecule has 0 spiro atoms. The number of nitrogens with zero attached hydrogens (tertiary/aromatic N) is 6. The van der Waals surface area contributed by atoms with Crippen molar-refractivity contribution in [1.29, 1.82) is 0 Å². The van der Waals surface area contributed by atoms with Crippen molar-refractivity contribution in [3.8, 4) is 0 Å². The Balaban J connectivity index is 2.20. The maximum Gasteiger partial charge on any atom is 0.263 e. The molecule has 0 amide bonds. The third-order valence-corrected chi connectivity index (χ3v) is 1.50. The summed E-state index contributed by atoms with van der Waals surface area (Å²) in [5, 5.41) is 14.3. The fourth-order valence-corrected chi connectivity index (χ4v) is 0.843. The molecule has 7 nitrogen and oxygen atoms in total. The molecule has 2 rings (SSSR count). The van der Waals surface area contributed by atoms with E-state index < -0.39 is 0 Å². The second-order valence-electron chi connectivity index (χ2n) is 2.45. The number of tetrazole rings is 1. The normalized spacial score (nSPS) is 10.9.